The summed E-state index contributed by atoms with van der Waals surface area (Å²) in [5.41, 5.74) is 2.83. The highest BCUT2D eigenvalue weighted by molar-refractivity contribution is 5.88. The van der Waals surface area contributed by atoms with E-state index in [1.54, 1.807) is 24.3 Å². The van der Waals surface area contributed by atoms with Gasteiger partial charge >= 0.3 is 12.1 Å². The van der Waals surface area contributed by atoms with E-state index in [-0.39, 0.29) is 17.7 Å². The minimum absolute atomic E-state index is 0.0308. The van der Waals surface area contributed by atoms with Crippen LogP contribution in [0.25, 0.3) is 11.1 Å². The number of carboxylic acid groups (broad SMARTS) is 1. The number of ether oxygens (including phenoxy) is 1. The molecule has 3 rings (SSSR count). The fourth-order valence-electron chi connectivity index (χ4n) is 3.36. The lowest BCUT2D eigenvalue weighted by Gasteiger charge is -2.29. The highest BCUT2D eigenvalue weighted by atomic mass is 16.6. The maximum absolute atomic E-state index is 12.5. The van der Waals surface area contributed by atoms with Crippen molar-refractivity contribution in [3.63, 3.8) is 0 Å². The van der Waals surface area contributed by atoms with E-state index < -0.39 is 11.6 Å². The molecular formula is C22H25NO4. The van der Waals surface area contributed by atoms with Crippen LogP contribution in [0.4, 0.5) is 4.79 Å². The van der Waals surface area contributed by atoms with Crippen molar-refractivity contribution in [3.8, 4) is 11.1 Å². The molecule has 2 aromatic rings. The Morgan fingerprint density at radius 2 is 1.56 bits per heavy atom. The second-order valence-corrected chi connectivity index (χ2v) is 7.84. The molecule has 0 aromatic heterocycles. The molecule has 1 atom stereocenters. The van der Waals surface area contributed by atoms with Crippen molar-refractivity contribution in [3.05, 3.63) is 59.7 Å². The van der Waals surface area contributed by atoms with Crippen molar-refractivity contribution in [1.82, 2.24) is 4.90 Å². The third-order valence-corrected chi connectivity index (χ3v) is 4.64. The molecule has 142 valence electrons. The van der Waals surface area contributed by atoms with E-state index in [0.717, 1.165) is 29.5 Å². The number of benzene rings is 2. The Bertz CT molecular complexity index is 819. The quantitative estimate of drug-likeness (QED) is 0.817. The molecule has 1 aliphatic heterocycles. The zero-order valence-electron chi connectivity index (χ0n) is 15.9. The third-order valence-electron chi connectivity index (χ3n) is 4.64. The SMILES string of the molecule is CC(C)(C)OC(=O)N1CCCC1c1ccc(-c2ccc(C(=O)O)cc2)cc1. The first-order valence-corrected chi connectivity index (χ1v) is 9.18. The van der Waals surface area contributed by atoms with E-state index in [2.05, 4.69) is 0 Å². The second kappa shape index (κ2) is 7.43. The van der Waals surface area contributed by atoms with E-state index in [0.29, 0.717) is 6.54 Å². The maximum atomic E-state index is 12.5. The number of carbonyl (C=O) groups excluding carboxylic acids is 1. The Labute approximate surface area is 159 Å². The number of likely N-dealkylation sites (tertiary alicyclic amines) is 1. The number of amides is 1. The van der Waals surface area contributed by atoms with Gasteiger partial charge in [-0.05, 0) is 62.4 Å². The Kier molecular flexibility index (Phi) is 5.22. The molecule has 0 aliphatic carbocycles. The van der Waals surface area contributed by atoms with E-state index in [1.807, 2.05) is 49.9 Å². The van der Waals surface area contributed by atoms with Crippen LogP contribution in [0.15, 0.2) is 48.5 Å². The molecule has 1 fully saturated rings. The van der Waals surface area contributed by atoms with Crippen molar-refractivity contribution in [1.29, 1.82) is 0 Å². The van der Waals surface area contributed by atoms with Crippen LogP contribution >= 0.6 is 0 Å². The van der Waals surface area contributed by atoms with Crippen LogP contribution in [-0.2, 0) is 4.74 Å². The first-order valence-electron chi connectivity index (χ1n) is 9.18. The molecule has 0 bridgehead atoms. The van der Waals surface area contributed by atoms with E-state index in [1.165, 1.54) is 0 Å². The van der Waals surface area contributed by atoms with Gasteiger partial charge in [0, 0.05) is 6.54 Å². The highest BCUT2D eigenvalue weighted by Gasteiger charge is 2.33. The van der Waals surface area contributed by atoms with Crippen molar-refractivity contribution < 1.29 is 19.4 Å². The highest BCUT2D eigenvalue weighted by Crippen LogP contribution is 2.34. The Balaban J connectivity index is 1.76. The topological polar surface area (TPSA) is 66.8 Å². The number of carboxylic acids is 1. The first kappa shape index (κ1) is 19.0. The number of carbonyl (C=O) groups is 2. The van der Waals surface area contributed by atoms with Crippen LogP contribution in [0.3, 0.4) is 0 Å². The molecule has 1 saturated heterocycles. The fraction of sp³-hybridized carbons (Fsp3) is 0.364. The van der Waals surface area contributed by atoms with Gasteiger partial charge < -0.3 is 14.7 Å². The molecule has 1 aliphatic rings. The zero-order chi connectivity index (χ0) is 19.6. The standard InChI is InChI=1S/C22H25NO4/c1-22(2,3)27-21(26)23-14-4-5-19(23)17-10-6-15(7-11-17)16-8-12-18(13-9-16)20(24)25/h6-13,19H,4-5,14H2,1-3H3,(H,24,25). The van der Waals surface area contributed by atoms with E-state index in [9.17, 15) is 9.59 Å². The summed E-state index contributed by atoms with van der Waals surface area (Å²) in [5.74, 6) is -0.930. The lowest BCUT2D eigenvalue weighted by molar-refractivity contribution is 0.0224. The van der Waals surface area contributed by atoms with Crippen molar-refractivity contribution in [2.75, 3.05) is 6.54 Å². The molecule has 1 amide bonds. The van der Waals surface area contributed by atoms with Crippen LogP contribution < -0.4 is 0 Å². The van der Waals surface area contributed by atoms with Crippen LogP contribution in [0.5, 0.6) is 0 Å². The van der Waals surface area contributed by atoms with Gasteiger partial charge in [0.25, 0.3) is 0 Å². The monoisotopic (exact) mass is 367 g/mol. The largest absolute Gasteiger partial charge is 0.478 e. The first-order chi connectivity index (χ1) is 12.7. The lowest BCUT2D eigenvalue weighted by Crippen LogP contribution is -2.36. The third kappa shape index (κ3) is 4.48. The van der Waals surface area contributed by atoms with Crippen LogP contribution in [-0.4, -0.2) is 34.2 Å². The number of hydrogen-bond acceptors (Lipinski definition) is 3. The Hall–Kier alpha value is -2.82. The van der Waals surface area contributed by atoms with Gasteiger partial charge in [-0.15, -0.1) is 0 Å². The molecular weight excluding hydrogens is 342 g/mol. The van der Waals surface area contributed by atoms with E-state index >= 15 is 0 Å². The van der Waals surface area contributed by atoms with Crippen LogP contribution in [0, 0.1) is 0 Å². The van der Waals surface area contributed by atoms with Gasteiger partial charge in [0.1, 0.15) is 5.60 Å². The summed E-state index contributed by atoms with van der Waals surface area (Å²) < 4.78 is 5.54. The Morgan fingerprint density at radius 3 is 2.07 bits per heavy atom. The van der Waals surface area contributed by atoms with Gasteiger partial charge in [0.2, 0.25) is 0 Å². The predicted octanol–water partition coefficient (Wildman–Crippen LogP) is 5.12. The average Bonchev–Trinajstić information content (AvgIpc) is 3.10. The van der Waals surface area contributed by atoms with Crippen LogP contribution in [0.1, 0.15) is 55.6 Å². The fourth-order valence-corrected chi connectivity index (χ4v) is 3.36. The number of nitrogens with zero attached hydrogens (tertiary/aromatic N) is 1. The summed E-state index contributed by atoms with van der Waals surface area (Å²) >= 11 is 0. The van der Waals surface area contributed by atoms with Crippen LogP contribution in [0.2, 0.25) is 0 Å². The molecule has 1 heterocycles. The number of hydrogen-bond donors (Lipinski definition) is 1. The Morgan fingerprint density at radius 1 is 1.00 bits per heavy atom. The molecule has 0 saturated carbocycles. The normalized spacial score (nSPS) is 17.0. The molecule has 1 N–H and O–H groups in total. The molecule has 2 aromatic carbocycles. The van der Waals surface area contributed by atoms with Gasteiger partial charge in [-0.25, -0.2) is 9.59 Å². The van der Waals surface area contributed by atoms with Gasteiger partial charge in [-0.1, -0.05) is 36.4 Å². The van der Waals surface area contributed by atoms with Crippen molar-refractivity contribution >= 4 is 12.1 Å². The molecule has 5 heteroatoms. The number of rotatable bonds is 3. The van der Waals surface area contributed by atoms with Gasteiger partial charge in [0.15, 0.2) is 0 Å². The molecule has 27 heavy (non-hydrogen) atoms. The minimum Gasteiger partial charge on any atom is -0.478 e. The van der Waals surface area contributed by atoms with Crippen molar-refractivity contribution in [2.24, 2.45) is 0 Å². The molecule has 0 radical (unpaired) electrons. The average molecular weight is 367 g/mol. The smallest absolute Gasteiger partial charge is 0.410 e. The summed E-state index contributed by atoms with van der Waals surface area (Å²) in [6, 6.07) is 14.9. The predicted molar refractivity (Wildman–Crippen MR) is 104 cm³/mol. The van der Waals surface area contributed by atoms with E-state index in [4.69, 9.17) is 9.84 Å². The minimum atomic E-state index is -0.930. The van der Waals surface area contributed by atoms with Gasteiger partial charge in [0.05, 0.1) is 11.6 Å². The van der Waals surface area contributed by atoms with Gasteiger partial charge in [-0.3, -0.25) is 0 Å². The second-order valence-electron chi connectivity index (χ2n) is 7.84. The molecule has 0 spiro atoms. The lowest BCUT2D eigenvalue weighted by atomic mass is 9.99. The number of aromatic carboxylic acids is 1. The molecule has 1 unspecified atom stereocenters. The summed E-state index contributed by atoms with van der Waals surface area (Å²) in [6.07, 6.45) is 1.62. The summed E-state index contributed by atoms with van der Waals surface area (Å²) in [4.78, 5) is 25.3. The molecule has 5 nitrogen and oxygen atoms in total. The zero-order valence-corrected chi connectivity index (χ0v) is 15.9. The van der Waals surface area contributed by atoms with Crippen molar-refractivity contribution in [2.45, 2.75) is 45.3 Å². The maximum Gasteiger partial charge on any atom is 0.410 e. The summed E-state index contributed by atoms with van der Waals surface area (Å²) in [5, 5.41) is 9.00. The summed E-state index contributed by atoms with van der Waals surface area (Å²) in [7, 11) is 0. The summed E-state index contributed by atoms with van der Waals surface area (Å²) in [6.45, 7) is 6.33. The van der Waals surface area contributed by atoms with Gasteiger partial charge in [-0.2, -0.15) is 0 Å².